The first kappa shape index (κ1) is 18.5. The van der Waals surface area contributed by atoms with Gasteiger partial charge in [0, 0.05) is 12.5 Å². The zero-order valence-electron chi connectivity index (χ0n) is 14.3. The van der Waals surface area contributed by atoms with Crippen LogP contribution in [0.4, 0.5) is 0 Å². The molecule has 4 heteroatoms. The highest BCUT2D eigenvalue weighted by molar-refractivity contribution is 9.09. The van der Waals surface area contributed by atoms with Crippen LogP contribution in [-0.2, 0) is 19.6 Å². The topological polar surface area (TPSA) is 38.7 Å². The smallest absolute Gasteiger partial charge is 0.123 e. The summed E-state index contributed by atoms with van der Waals surface area (Å²) in [5.41, 5.74) is 3.15. The third-order valence-corrected chi connectivity index (χ3v) is 4.16. The molecule has 0 saturated heterocycles. The fourth-order valence-electron chi connectivity index (χ4n) is 2.59. The highest BCUT2D eigenvalue weighted by atomic mass is 79.9. The van der Waals surface area contributed by atoms with E-state index in [1.165, 1.54) is 0 Å². The maximum atomic E-state index is 9.64. The zero-order valence-corrected chi connectivity index (χ0v) is 15.9. The maximum Gasteiger partial charge on any atom is 0.123 e. The van der Waals surface area contributed by atoms with Gasteiger partial charge in [-0.15, -0.1) is 0 Å². The number of hydrogen-bond acceptors (Lipinski definition) is 3. The van der Waals surface area contributed by atoms with Crippen LogP contribution in [0.2, 0.25) is 0 Å². The molecule has 3 rings (SSSR count). The third-order valence-electron chi connectivity index (χ3n) is 3.84. The van der Waals surface area contributed by atoms with Crippen molar-refractivity contribution in [3.63, 3.8) is 0 Å². The Morgan fingerprint density at radius 1 is 0.692 bits per heavy atom. The Balaban J connectivity index is 1.72. The van der Waals surface area contributed by atoms with Crippen molar-refractivity contribution in [2.24, 2.45) is 0 Å². The lowest BCUT2D eigenvalue weighted by Gasteiger charge is -2.13. The van der Waals surface area contributed by atoms with Crippen LogP contribution in [0.3, 0.4) is 0 Å². The molecule has 0 unspecified atom stereocenters. The van der Waals surface area contributed by atoms with Crippen molar-refractivity contribution >= 4 is 15.9 Å². The molecule has 0 aromatic heterocycles. The van der Waals surface area contributed by atoms with Crippen molar-refractivity contribution in [1.82, 2.24) is 0 Å². The molecule has 3 aromatic rings. The number of halogens is 1. The molecule has 0 aliphatic rings. The number of rotatable bonds is 8. The van der Waals surface area contributed by atoms with Crippen molar-refractivity contribution in [3.05, 3.63) is 95.6 Å². The van der Waals surface area contributed by atoms with Gasteiger partial charge in [0.2, 0.25) is 0 Å². The largest absolute Gasteiger partial charge is 0.489 e. The molecule has 134 valence electrons. The monoisotopic (exact) mass is 412 g/mol. The first-order valence-electron chi connectivity index (χ1n) is 8.48. The summed E-state index contributed by atoms with van der Waals surface area (Å²) < 4.78 is 11.9. The predicted octanol–water partition coefficient (Wildman–Crippen LogP) is 5.10. The minimum atomic E-state index is -0.603. The summed E-state index contributed by atoms with van der Waals surface area (Å²) in [6.45, 7) is 0.971. The molecule has 0 aliphatic heterocycles. The molecule has 0 aliphatic carbocycles. The molecule has 3 aromatic carbocycles. The van der Waals surface area contributed by atoms with Gasteiger partial charge >= 0.3 is 0 Å². The molecule has 0 saturated carbocycles. The number of aliphatic hydroxyl groups is 1. The molecule has 0 heterocycles. The number of hydrogen-bond donors (Lipinski definition) is 1. The number of benzene rings is 3. The maximum absolute atomic E-state index is 9.64. The van der Waals surface area contributed by atoms with E-state index >= 15 is 0 Å². The van der Waals surface area contributed by atoms with Crippen LogP contribution < -0.4 is 9.47 Å². The third kappa shape index (κ3) is 5.90. The first-order valence-corrected chi connectivity index (χ1v) is 9.40. The molecule has 1 atom stereocenters. The summed E-state index contributed by atoms with van der Waals surface area (Å²) in [5.74, 6) is 1.45. The van der Waals surface area contributed by atoms with Crippen molar-refractivity contribution < 1.29 is 14.6 Å². The van der Waals surface area contributed by atoms with Crippen molar-refractivity contribution in [3.8, 4) is 11.5 Å². The molecular formula is C22H21BrO3. The van der Waals surface area contributed by atoms with Gasteiger partial charge in [-0.3, -0.25) is 0 Å². The van der Waals surface area contributed by atoms with Crippen LogP contribution in [0.25, 0.3) is 0 Å². The highest BCUT2D eigenvalue weighted by Gasteiger charge is 2.07. The average Bonchev–Trinajstić information content (AvgIpc) is 2.66. The van der Waals surface area contributed by atoms with Crippen LogP contribution in [-0.4, -0.2) is 10.1 Å². The lowest BCUT2D eigenvalue weighted by molar-refractivity contribution is 0.268. The lowest BCUT2D eigenvalue weighted by atomic mass is 10.1. The van der Waals surface area contributed by atoms with Gasteiger partial charge in [0.05, 0.1) is 0 Å². The second-order valence-electron chi connectivity index (χ2n) is 6.00. The highest BCUT2D eigenvalue weighted by Crippen LogP contribution is 2.26. The van der Waals surface area contributed by atoms with Gasteiger partial charge in [-0.25, -0.2) is 0 Å². The zero-order chi connectivity index (χ0) is 18.2. The summed E-state index contributed by atoms with van der Waals surface area (Å²) in [4.78, 5) is 0. The Hall–Kier alpha value is -2.30. The van der Waals surface area contributed by atoms with E-state index in [-0.39, 0.29) is 0 Å². The molecule has 0 amide bonds. The van der Waals surface area contributed by atoms with E-state index in [9.17, 15) is 5.11 Å². The molecule has 0 bridgehead atoms. The van der Waals surface area contributed by atoms with Crippen molar-refractivity contribution in [2.45, 2.75) is 24.6 Å². The Morgan fingerprint density at radius 3 is 1.58 bits per heavy atom. The summed E-state index contributed by atoms with van der Waals surface area (Å²) in [5, 5.41) is 9.04. The van der Waals surface area contributed by atoms with Gasteiger partial charge in [-0.1, -0.05) is 76.6 Å². The number of alkyl halides is 1. The number of aliphatic hydroxyl groups excluding tert-OH is 1. The molecule has 1 N–H and O–H groups in total. The molecule has 0 spiro atoms. The Labute approximate surface area is 162 Å². The van der Waals surface area contributed by atoms with Gasteiger partial charge in [-0.2, -0.15) is 0 Å². The van der Waals surface area contributed by atoms with E-state index in [0.29, 0.717) is 19.6 Å². The van der Waals surface area contributed by atoms with E-state index < -0.39 is 5.01 Å². The van der Waals surface area contributed by atoms with E-state index in [1.54, 1.807) is 0 Å². The van der Waals surface area contributed by atoms with Gasteiger partial charge in [-0.05, 0) is 28.8 Å². The summed E-state index contributed by atoms with van der Waals surface area (Å²) in [6.07, 6.45) is 0.476. The second-order valence-corrected chi connectivity index (χ2v) is 7.06. The van der Waals surface area contributed by atoms with Gasteiger partial charge in [0.15, 0.2) is 0 Å². The van der Waals surface area contributed by atoms with Crippen LogP contribution in [0.5, 0.6) is 11.5 Å². The Bertz CT molecular complexity index is 742. The molecule has 0 fully saturated rings. The molecule has 26 heavy (non-hydrogen) atoms. The van der Waals surface area contributed by atoms with Gasteiger partial charge < -0.3 is 14.6 Å². The molecule has 3 nitrogen and oxygen atoms in total. The van der Waals surface area contributed by atoms with Crippen LogP contribution in [0, 0.1) is 0 Å². The lowest BCUT2D eigenvalue weighted by Crippen LogP contribution is -2.03. The fourth-order valence-corrected chi connectivity index (χ4v) is 2.97. The van der Waals surface area contributed by atoms with E-state index in [2.05, 4.69) is 15.9 Å². The predicted molar refractivity (Wildman–Crippen MR) is 107 cm³/mol. The second kappa shape index (κ2) is 9.41. The van der Waals surface area contributed by atoms with Gasteiger partial charge in [0.1, 0.15) is 29.7 Å². The Morgan fingerprint density at radius 2 is 1.15 bits per heavy atom. The molecule has 0 radical (unpaired) electrons. The summed E-state index contributed by atoms with van der Waals surface area (Å²) >= 11 is 3.19. The van der Waals surface area contributed by atoms with Crippen LogP contribution in [0.15, 0.2) is 78.9 Å². The quantitative estimate of drug-likeness (QED) is 0.523. The minimum absolute atomic E-state index is 0.476. The average molecular weight is 413 g/mol. The van der Waals surface area contributed by atoms with Crippen LogP contribution in [0.1, 0.15) is 16.7 Å². The normalized spacial score (nSPS) is 11.8. The van der Waals surface area contributed by atoms with Crippen LogP contribution >= 0.6 is 15.9 Å². The number of ether oxygens (including phenoxy) is 2. The standard InChI is InChI=1S/C22H21BrO3/c23-22(24)13-19-11-20(25-15-17-7-3-1-4-8-17)14-21(12-19)26-16-18-9-5-2-6-10-18/h1-12,14,22,24H,13,15-16H2/t22-/m0/s1. The van der Waals surface area contributed by atoms with Crippen molar-refractivity contribution in [1.29, 1.82) is 0 Å². The van der Waals surface area contributed by atoms with E-state index in [1.807, 2.05) is 78.9 Å². The van der Waals surface area contributed by atoms with E-state index in [4.69, 9.17) is 9.47 Å². The fraction of sp³-hybridized carbons (Fsp3) is 0.182. The summed E-state index contributed by atoms with van der Waals surface area (Å²) in [6, 6.07) is 25.8. The Kier molecular flexibility index (Phi) is 6.69. The van der Waals surface area contributed by atoms with Gasteiger partial charge in [0.25, 0.3) is 0 Å². The summed E-state index contributed by atoms with van der Waals surface area (Å²) in [7, 11) is 0. The van der Waals surface area contributed by atoms with Crippen molar-refractivity contribution in [2.75, 3.05) is 0 Å². The molecular weight excluding hydrogens is 392 g/mol. The van der Waals surface area contributed by atoms with E-state index in [0.717, 1.165) is 28.2 Å². The minimum Gasteiger partial charge on any atom is -0.489 e. The SMILES string of the molecule is O[C@H](Br)Cc1cc(OCc2ccccc2)cc(OCc2ccccc2)c1. The first-order chi connectivity index (χ1) is 12.7.